The highest BCUT2D eigenvalue weighted by atomic mass is 35.5. The Hall–Kier alpha value is -3.06. The minimum Gasteiger partial charge on any atom is -0.457 e. The van der Waals surface area contributed by atoms with Gasteiger partial charge in [-0.1, -0.05) is 42.3 Å². The number of piperidine rings is 1. The molecule has 40 heavy (non-hydrogen) atoms. The monoisotopic (exact) mass is 597 g/mol. The molecule has 0 bridgehead atoms. The maximum Gasteiger partial charge on any atom is 0.170 e. The summed E-state index contributed by atoms with van der Waals surface area (Å²) in [7, 11) is 0. The van der Waals surface area contributed by atoms with Gasteiger partial charge in [-0.15, -0.1) is 12.4 Å². The van der Waals surface area contributed by atoms with Crippen molar-refractivity contribution in [3.05, 3.63) is 118 Å². The van der Waals surface area contributed by atoms with E-state index in [0.717, 1.165) is 6.54 Å². The summed E-state index contributed by atoms with van der Waals surface area (Å²) >= 11 is 11.9. The Morgan fingerprint density at radius 1 is 0.800 bits per heavy atom. The summed E-state index contributed by atoms with van der Waals surface area (Å²) in [6.45, 7) is 4.05. The van der Waals surface area contributed by atoms with Crippen LogP contribution < -0.4 is 9.47 Å². The first-order valence-corrected chi connectivity index (χ1v) is 13.7. The van der Waals surface area contributed by atoms with Gasteiger partial charge in [0.25, 0.3) is 0 Å². The number of benzene rings is 4. The summed E-state index contributed by atoms with van der Waals surface area (Å²) < 4.78 is 11.8. The van der Waals surface area contributed by atoms with Crippen molar-refractivity contribution in [2.45, 2.75) is 18.9 Å². The minimum atomic E-state index is -1.31. The Labute approximate surface area is 250 Å². The van der Waals surface area contributed by atoms with Crippen LogP contribution in [0.5, 0.6) is 23.0 Å². The zero-order valence-corrected chi connectivity index (χ0v) is 24.3. The summed E-state index contributed by atoms with van der Waals surface area (Å²) in [5.41, 5.74) is -0.0784. The van der Waals surface area contributed by atoms with Crippen molar-refractivity contribution in [3.8, 4) is 23.0 Å². The number of halogens is 3. The van der Waals surface area contributed by atoms with Gasteiger partial charge in [0.05, 0.1) is 5.92 Å². The van der Waals surface area contributed by atoms with Gasteiger partial charge in [-0.25, -0.2) is 0 Å². The Morgan fingerprint density at radius 2 is 1.23 bits per heavy atom. The molecule has 2 atom stereocenters. The molecule has 0 unspecified atom stereocenters. The van der Waals surface area contributed by atoms with E-state index in [1.54, 1.807) is 72.8 Å². The van der Waals surface area contributed by atoms with E-state index in [-0.39, 0.29) is 18.2 Å². The van der Waals surface area contributed by atoms with Gasteiger partial charge < -0.3 is 19.5 Å². The molecule has 1 heterocycles. The van der Waals surface area contributed by atoms with E-state index >= 15 is 0 Å². The van der Waals surface area contributed by atoms with Crippen LogP contribution in [0.3, 0.4) is 0 Å². The van der Waals surface area contributed by atoms with Crippen LogP contribution in [0.25, 0.3) is 0 Å². The Balaban J connectivity index is 0.00000370. The normalized spacial score (nSPS) is 18.9. The first kappa shape index (κ1) is 29.9. The second-order valence-corrected chi connectivity index (χ2v) is 10.5. The Bertz CT molecular complexity index is 1410. The van der Waals surface area contributed by atoms with E-state index in [4.69, 9.17) is 32.7 Å². The number of rotatable bonds is 8. The average Bonchev–Trinajstić information content (AvgIpc) is 2.96. The molecule has 0 radical (unpaired) electrons. The largest absolute Gasteiger partial charge is 0.457 e. The first-order chi connectivity index (χ1) is 18.8. The summed E-state index contributed by atoms with van der Waals surface area (Å²) in [6.07, 6.45) is 0.451. The summed E-state index contributed by atoms with van der Waals surface area (Å²) in [4.78, 5) is 16.0. The smallest absolute Gasteiger partial charge is 0.170 e. The van der Waals surface area contributed by atoms with Crippen LogP contribution in [0.4, 0.5) is 0 Å². The number of aliphatic hydroxyl groups is 1. The topological polar surface area (TPSA) is 59.0 Å². The van der Waals surface area contributed by atoms with Crippen LogP contribution in [0.1, 0.15) is 29.3 Å². The van der Waals surface area contributed by atoms with Crippen molar-refractivity contribution in [3.63, 3.8) is 0 Å². The van der Waals surface area contributed by atoms with Crippen molar-refractivity contribution in [2.75, 3.05) is 19.6 Å². The summed E-state index contributed by atoms with van der Waals surface area (Å²) in [5.74, 6) is 1.84. The molecule has 5 nitrogen and oxygen atoms in total. The molecule has 0 spiro atoms. The molecular weight excluding hydrogens is 569 g/mol. The molecule has 0 amide bonds. The third-order valence-electron chi connectivity index (χ3n) is 7.18. The van der Waals surface area contributed by atoms with Crippen molar-refractivity contribution in [2.24, 2.45) is 5.92 Å². The lowest BCUT2D eigenvalue weighted by molar-refractivity contribution is -0.0632. The number of nitrogens with zero attached hydrogens (tertiary/aromatic N) is 1. The van der Waals surface area contributed by atoms with Gasteiger partial charge in [0.2, 0.25) is 0 Å². The molecule has 1 N–H and O–H groups in total. The van der Waals surface area contributed by atoms with Crippen LogP contribution in [0, 0.1) is 5.92 Å². The van der Waals surface area contributed by atoms with E-state index < -0.39 is 11.5 Å². The number of hydrogen-bond donors (Lipinski definition) is 1. The van der Waals surface area contributed by atoms with Gasteiger partial charge in [-0.3, -0.25) is 4.79 Å². The maximum absolute atomic E-state index is 13.8. The van der Waals surface area contributed by atoms with Gasteiger partial charge >= 0.3 is 0 Å². The maximum atomic E-state index is 13.8. The fraction of sp³-hybridized carbons (Fsp3) is 0.219. The molecule has 4 aromatic carbocycles. The van der Waals surface area contributed by atoms with E-state index in [2.05, 4.69) is 11.8 Å². The molecule has 1 fully saturated rings. The zero-order valence-electron chi connectivity index (χ0n) is 21.9. The highest BCUT2D eigenvalue weighted by Gasteiger charge is 2.46. The number of ether oxygens (including phenoxy) is 2. The minimum absolute atomic E-state index is 0. The average molecular weight is 599 g/mol. The number of ketones is 1. The van der Waals surface area contributed by atoms with E-state index in [1.807, 2.05) is 24.3 Å². The van der Waals surface area contributed by atoms with Gasteiger partial charge in [0, 0.05) is 28.7 Å². The lowest BCUT2D eigenvalue weighted by atomic mass is 9.72. The van der Waals surface area contributed by atoms with Crippen LogP contribution in [-0.2, 0) is 5.60 Å². The van der Waals surface area contributed by atoms with E-state index in [0.29, 0.717) is 63.7 Å². The fourth-order valence-electron chi connectivity index (χ4n) is 4.91. The molecule has 8 heteroatoms. The van der Waals surface area contributed by atoms with Gasteiger partial charge in [-0.05, 0) is 103 Å². The van der Waals surface area contributed by atoms with Crippen LogP contribution in [-0.4, -0.2) is 35.4 Å². The highest BCUT2D eigenvalue weighted by molar-refractivity contribution is 6.30. The lowest BCUT2D eigenvalue weighted by Crippen LogP contribution is -2.53. The standard InChI is InChI=1S/C32H29Cl2NO4.ClH/c1-2-35-20-19-32(37,23-5-13-27(14-6-23)39-29-17-9-25(34)10-18-29)30(21-35)31(36)22-3-11-26(12-4-22)38-28-15-7-24(33)8-16-28;/h3-18,30,37H,2,19-21H2,1H3;1H/t30-,32+;/m0./s1. The number of likely N-dealkylation sites (tertiary alicyclic amines) is 1. The molecule has 0 saturated carbocycles. The summed E-state index contributed by atoms with van der Waals surface area (Å²) in [5, 5.41) is 13.3. The number of hydrogen-bond acceptors (Lipinski definition) is 5. The van der Waals surface area contributed by atoms with Gasteiger partial charge in [-0.2, -0.15) is 0 Å². The van der Waals surface area contributed by atoms with Crippen LogP contribution in [0.15, 0.2) is 97.1 Å². The molecular formula is C32H30Cl3NO4. The Morgan fingerprint density at radius 3 is 1.68 bits per heavy atom. The lowest BCUT2D eigenvalue weighted by Gasteiger charge is -2.44. The molecule has 1 aliphatic rings. The predicted molar refractivity (Wildman–Crippen MR) is 162 cm³/mol. The van der Waals surface area contributed by atoms with E-state index in [1.165, 1.54) is 0 Å². The highest BCUT2D eigenvalue weighted by Crippen LogP contribution is 2.40. The quantitative estimate of drug-likeness (QED) is 0.206. The van der Waals surface area contributed by atoms with Crippen LogP contribution >= 0.6 is 35.6 Å². The van der Waals surface area contributed by atoms with E-state index in [9.17, 15) is 9.90 Å². The van der Waals surface area contributed by atoms with Gasteiger partial charge in [0.1, 0.15) is 28.6 Å². The molecule has 0 aliphatic carbocycles. The van der Waals surface area contributed by atoms with Crippen molar-refractivity contribution < 1.29 is 19.4 Å². The second-order valence-electron chi connectivity index (χ2n) is 9.65. The molecule has 0 aromatic heterocycles. The van der Waals surface area contributed by atoms with Crippen LogP contribution in [0.2, 0.25) is 10.0 Å². The second kappa shape index (κ2) is 13.1. The number of carbonyl (C=O) groups is 1. The SMILES string of the molecule is CCN1CC[C@@](O)(c2ccc(Oc3ccc(Cl)cc3)cc2)[C@H](C(=O)c2ccc(Oc3ccc(Cl)cc3)cc2)C1.Cl. The molecule has 208 valence electrons. The third-order valence-corrected chi connectivity index (χ3v) is 7.69. The molecule has 5 rings (SSSR count). The predicted octanol–water partition coefficient (Wildman–Crippen LogP) is 8.41. The van der Waals surface area contributed by atoms with Crippen molar-refractivity contribution in [1.29, 1.82) is 0 Å². The first-order valence-electron chi connectivity index (χ1n) is 12.9. The number of carbonyl (C=O) groups excluding carboxylic acids is 1. The summed E-state index contributed by atoms with van der Waals surface area (Å²) in [6, 6.07) is 28.6. The van der Waals surface area contributed by atoms with Gasteiger partial charge in [0.15, 0.2) is 5.78 Å². The fourth-order valence-corrected chi connectivity index (χ4v) is 5.17. The van der Waals surface area contributed by atoms with Crippen molar-refractivity contribution in [1.82, 2.24) is 4.90 Å². The number of Topliss-reactive ketones (excluding diaryl/α,β-unsaturated/α-hetero) is 1. The molecule has 1 aliphatic heterocycles. The zero-order chi connectivity index (χ0) is 27.4. The van der Waals surface area contributed by atoms with Crippen molar-refractivity contribution >= 4 is 41.4 Å². The third kappa shape index (κ3) is 6.80. The Kier molecular flexibility index (Phi) is 9.77. The molecule has 4 aromatic rings. The molecule has 1 saturated heterocycles.